The Bertz CT molecular complexity index is 719. The summed E-state index contributed by atoms with van der Waals surface area (Å²) in [6, 6.07) is 6.86. The number of thiophene rings is 1. The molecule has 0 unspecified atom stereocenters. The SMILES string of the molecule is Nc1nc2c(F)cccc2n1Cc1sccc1Br. The maximum atomic E-state index is 13.6. The Morgan fingerprint density at radius 2 is 2.22 bits per heavy atom. The van der Waals surface area contributed by atoms with E-state index in [9.17, 15) is 4.39 Å². The number of rotatable bonds is 2. The van der Waals surface area contributed by atoms with Crippen molar-refractivity contribution in [3.05, 3.63) is 44.8 Å². The van der Waals surface area contributed by atoms with Gasteiger partial charge in [0, 0.05) is 9.35 Å². The minimum atomic E-state index is -0.344. The summed E-state index contributed by atoms with van der Waals surface area (Å²) in [6.07, 6.45) is 0. The predicted octanol–water partition coefficient (Wildman–Crippen LogP) is 3.63. The van der Waals surface area contributed by atoms with Crippen LogP contribution < -0.4 is 5.73 Å². The molecule has 92 valence electrons. The van der Waals surface area contributed by atoms with Gasteiger partial charge in [-0.2, -0.15) is 0 Å². The van der Waals surface area contributed by atoms with E-state index in [4.69, 9.17) is 5.73 Å². The summed E-state index contributed by atoms with van der Waals surface area (Å²) in [5, 5.41) is 2.00. The Balaban J connectivity index is 2.15. The molecule has 0 aliphatic heterocycles. The van der Waals surface area contributed by atoms with Crippen molar-refractivity contribution in [1.29, 1.82) is 0 Å². The van der Waals surface area contributed by atoms with E-state index >= 15 is 0 Å². The van der Waals surface area contributed by atoms with Crippen molar-refractivity contribution in [2.24, 2.45) is 0 Å². The monoisotopic (exact) mass is 325 g/mol. The van der Waals surface area contributed by atoms with Crippen molar-refractivity contribution in [3.8, 4) is 0 Å². The van der Waals surface area contributed by atoms with Crippen LogP contribution in [-0.4, -0.2) is 9.55 Å². The summed E-state index contributed by atoms with van der Waals surface area (Å²) >= 11 is 5.10. The van der Waals surface area contributed by atoms with Crippen LogP contribution in [0.4, 0.5) is 10.3 Å². The molecule has 0 spiro atoms. The highest BCUT2D eigenvalue weighted by Gasteiger charge is 2.13. The predicted molar refractivity (Wildman–Crippen MR) is 75.2 cm³/mol. The van der Waals surface area contributed by atoms with Gasteiger partial charge in [-0.3, -0.25) is 0 Å². The normalized spacial score (nSPS) is 11.2. The second-order valence-corrected chi connectivity index (χ2v) is 5.71. The number of nitrogen functional groups attached to an aromatic ring is 1. The molecule has 0 aliphatic rings. The number of nitrogens with two attached hydrogens (primary N) is 1. The van der Waals surface area contributed by atoms with Crippen LogP contribution in [0.5, 0.6) is 0 Å². The Labute approximate surface area is 115 Å². The highest BCUT2D eigenvalue weighted by Crippen LogP contribution is 2.27. The molecule has 0 bridgehead atoms. The zero-order valence-electron chi connectivity index (χ0n) is 9.23. The number of anilines is 1. The molecule has 0 atom stereocenters. The zero-order chi connectivity index (χ0) is 12.7. The summed E-state index contributed by atoms with van der Waals surface area (Å²) < 4.78 is 16.4. The summed E-state index contributed by atoms with van der Waals surface area (Å²) in [6.45, 7) is 0.587. The van der Waals surface area contributed by atoms with Crippen LogP contribution in [0.1, 0.15) is 4.88 Å². The van der Waals surface area contributed by atoms with Crippen molar-refractivity contribution in [2.75, 3.05) is 5.73 Å². The van der Waals surface area contributed by atoms with E-state index in [-0.39, 0.29) is 5.82 Å². The van der Waals surface area contributed by atoms with Gasteiger partial charge in [0.1, 0.15) is 5.52 Å². The highest BCUT2D eigenvalue weighted by molar-refractivity contribution is 9.10. The van der Waals surface area contributed by atoms with E-state index in [1.54, 1.807) is 17.4 Å². The molecule has 0 amide bonds. The average Bonchev–Trinajstić information content (AvgIpc) is 2.87. The minimum Gasteiger partial charge on any atom is -0.369 e. The Hall–Kier alpha value is -1.40. The second-order valence-electron chi connectivity index (χ2n) is 3.86. The molecular formula is C12H9BrFN3S. The highest BCUT2D eigenvalue weighted by atomic mass is 79.9. The molecule has 0 saturated heterocycles. The van der Waals surface area contributed by atoms with E-state index in [0.29, 0.717) is 23.5 Å². The smallest absolute Gasteiger partial charge is 0.201 e. The summed E-state index contributed by atoms with van der Waals surface area (Å²) in [5.41, 5.74) is 6.90. The lowest BCUT2D eigenvalue weighted by molar-refractivity contribution is 0.637. The van der Waals surface area contributed by atoms with Gasteiger partial charge in [0.15, 0.2) is 5.82 Å². The molecule has 3 rings (SSSR count). The molecule has 3 nitrogen and oxygen atoms in total. The maximum absolute atomic E-state index is 13.6. The third kappa shape index (κ3) is 1.81. The lowest BCUT2D eigenvalue weighted by Crippen LogP contribution is -2.03. The number of aromatic nitrogens is 2. The molecule has 0 fully saturated rings. The molecule has 6 heteroatoms. The number of hydrogen-bond acceptors (Lipinski definition) is 3. The van der Waals surface area contributed by atoms with Crippen LogP contribution in [0.25, 0.3) is 11.0 Å². The summed E-state index contributed by atoms with van der Waals surface area (Å²) in [5.74, 6) is -0.0152. The minimum absolute atomic E-state index is 0.322. The van der Waals surface area contributed by atoms with Gasteiger partial charge in [0.25, 0.3) is 0 Å². The largest absolute Gasteiger partial charge is 0.369 e. The van der Waals surface area contributed by atoms with Crippen LogP contribution in [-0.2, 0) is 6.54 Å². The summed E-state index contributed by atoms with van der Waals surface area (Å²) in [7, 11) is 0. The third-order valence-corrected chi connectivity index (χ3v) is 4.66. The van der Waals surface area contributed by atoms with Gasteiger partial charge in [0.2, 0.25) is 5.95 Å². The van der Waals surface area contributed by atoms with Crippen molar-refractivity contribution in [3.63, 3.8) is 0 Å². The molecular weight excluding hydrogens is 317 g/mol. The standard InChI is InChI=1S/C12H9BrFN3S/c13-7-4-5-18-10(7)6-17-9-3-1-2-8(14)11(9)16-12(17)15/h1-5H,6H2,(H2,15,16). The molecule has 2 heterocycles. The topological polar surface area (TPSA) is 43.8 Å². The maximum Gasteiger partial charge on any atom is 0.201 e. The molecule has 1 aromatic carbocycles. The molecule has 18 heavy (non-hydrogen) atoms. The van der Waals surface area contributed by atoms with E-state index < -0.39 is 0 Å². The first-order valence-corrected chi connectivity index (χ1v) is 6.96. The van der Waals surface area contributed by atoms with Crippen molar-refractivity contribution < 1.29 is 4.39 Å². The van der Waals surface area contributed by atoms with Crippen LogP contribution in [0.15, 0.2) is 34.1 Å². The van der Waals surface area contributed by atoms with Crippen LogP contribution >= 0.6 is 27.3 Å². The molecule has 0 radical (unpaired) electrons. The van der Waals surface area contributed by atoms with Crippen LogP contribution in [0.2, 0.25) is 0 Å². The molecule has 0 aliphatic carbocycles. The van der Waals surface area contributed by atoms with Gasteiger partial charge in [-0.25, -0.2) is 9.37 Å². The van der Waals surface area contributed by atoms with Crippen LogP contribution in [0.3, 0.4) is 0 Å². The number of hydrogen-bond donors (Lipinski definition) is 1. The molecule has 3 aromatic rings. The first-order valence-electron chi connectivity index (χ1n) is 5.29. The van der Waals surface area contributed by atoms with E-state index in [2.05, 4.69) is 20.9 Å². The molecule has 2 N–H and O–H groups in total. The van der Waals surface area contributed by atoms with Gasteiger partial charge >= 0.3 is 0 Å². The van der Waals surface area contributed by atoms with Crippen LogP contribution in [0, 0.1) is 5.82 Å². The quantitative estimate of drug-likeness (QED) is 0.781. The van der Waals surface area contributed by atoms with Gasteiger partial charge in [-0.05, 0) is 39.5 Å². The first-order chi connectivity index (χ1) is 8.66. The number of para-hydroxylation sites is 1. The van der Waals surface area contributed by atoms with Gasteiger partial charge in [-0.15, -0.1) is 11.3 Å². The van der Waals surface area contributed by atoms with Crippen molar-refractivity contribution in [1.82, 2.24) is 9.55 Å². The third-order valence-electron chi connectivity index (χ3n) is 2.75. The Morgan fingerprint density at radius 3 is 2.94 bits per heavy atom. The lowest BCUT2D eigenvalue weighted by atomic mass is 10.3. The Morgan fingerprint density at radius 1 is 1.39 bits per heavy atom. The molecule has 0 saturated carbocycles. The molecule has 2 aromatic heterocycles. The number of imidazole rings is 1. The fraction of sp³-hybridized carbons (Fsp3) is 0.0833. The fourth-order valence-electron chi connectivity index (χ4n) is 1.88. The van der Waals surface area contributed by atoms with E-state index in [1.807, 2.05) is 22.1 Å². The number of nitrogens with zero attached hydrogens (tertiary/aromatic N) is 2. The average molecular weight is 326 g/mol. The summed E-state index contributed by atoms with van der Waals surface area (Å²) in [4.78, 5) is 5.21. The Kier molecular flexibility index (Phi) is 2.83. The van der Waals surface area contributed by atoms with Crippen molar-refractivity contribution in [2.45, 2.75) is 6.54 Å². The van der Waals surface area contributed by atoms with Gasteiger partial charge in [-0.1, -0.05) is 6.07 Å². The van der Waals surface area contributed by atoms with Crippen molar-refractivity contribution >= 4 is 44.2 Å². The second kappa shape index (κ2) is 4.37. The van der Waals surface area contributed by atoms with Gasteiger partial charge in [0.05, 0.1) is 12.1 Å². The number of halogens is 2. The first kappa shape index (κ1) is 11.7. The fourth-order valence-corrected chi connectivity index (χ4v) is 3.34. The zero-order valence-corrected chi connectivity index (χ0v) is 11.6. The lowest BCUT2D eigenvalue weighted by Gasteiger charge is -2.05. The number of fused-ring (bicyclic) bond motifs is 1. The number of benzene rings is 1. The van der Waals surface area contributed by atoms with Gasteiger partial charge < -0.3 is 10.3 Å². The van der Waals surface area contributed by atoms with E-state index in [0.717, 1.165) is 9.35 Å². The van der Waals surface area contributed by atoms with E-state index in [1.165, 1.54) is 6.07 Å².